The second kappa shape index (κ2) is 6.35. The third-order valence-corrected chi connectivity index (χ3v) is 3.91. The highest BCUT2D eigenvalue weighted by Gasteiger charge is 2.14. The average molecular weight is 299 g/mol. The van der Waals surface area contributed by atoms with Gasteiger partial charge in [0.1, 0.15) is 0 Å². The van der Waals surface area contributed by atoms with Crippen molar-refractivity contribution in [1.29, 1.82) is 0 Å². The smallest absolute Gasteiger partial charge is 0.255 e. The Hall–Kier alpha value is -1.74. The Morgan fingerprint density at radius 2 is 1.81 bits per heavy atom. The first kappa shape index (κ1) is 15.6. The van der Waals surface area contributed by atoms with Gasteiger partial charge < -0.3 is 5.32 Å². The largest absolute Gasteiger partial charge is 0.321 e. The summed E-state index contributed by atoms with van der Waals surface area (Å²) in [6, 6.07) is 11.7. The maximum atomic E-state index is 12.6. The first-order valence-electron chi connectivity index (χ1n) is 7.10. The fraction of sp³-hybridized carbons (Fsp3) is 0.278. The zero-order valence-corrected chi connectivity index (χ0v) is 13.8. The number of nitrogens with one attached hydrogen (secondary N) is 1. The Morgan fingerprint density at radius 1 is 1.10 bits per heavy atom. The molecule has 0 saturated heterocycles. The molecule has 0 radical (unpaired) electrons. The Kier molecular flexibility index (Phi) is 4.73. The fourth-order valence-electron chi connectivity index (χ4n) is 2.38. The number of rotatable bonds is 3. The fourth-order valence-corrected chi connectivity index (χ4v) is 2.58. The van der Waals surface area contributed by atoms with Gasteiger partial charge in [0.15, 0.2) is 0 Å². The van der Waals surface area contributed by atoms with E-state index < -0.39 is 0 Å². The highest BCUT2D eigenvalue weighted by Crippen LogP contribution is 2.28. The average Bonchev–Trinajstić information content (AvgIpc) is 2.43. The van der Waals surface area contributed by atoms with Crippen molar-refractivity contribution in [2.75, 3.05) is 5.32 Å². The zero-order chi connectivity index (χ0) is 15.6. The third-order valence-electron chi connectivity index (χ3n) is 3.63. The summed E-state index contributed by atoms with van der Waals surface area (Å²) in [6.45, 7) is 8.21. The molecule has 0 aromatic heterocycles. The topological polar surface area (TPSA) is 29.1 Å². The van der Waals surface area contributed by atoms with Crippen molar-refractivity contribution in [3.05, 3.63) is 58.7 Å². The van der Waals surface area contributed by atoms with Crippen LogP contribution in [0.3, 0.4) is 0 Å². The van der Waals surface area contributed by atoms with Gasteiger partial charge in [-0.3, -0.25) is 4.79 Å². The molecular weight excluding hydrogens is 278 g/mol. The van der Waals surface area contributed by atoms with E-state index in [4.69, 9.17) is 0 Å². The summed E-state index contributed by atoms with van der Waals surface area (Å²) in [6.07, 6.45) is 0. The van der Waals surface area contributed by atoms with Gasteiger partial charge in [0, 0.05) is 16.1 Å². The van der Waals surface area contributed by atoms with Crippen LogP contribution in [0.5, 0.6) is 0 Å². The second-order valence-electron chi connectivity index (χ2n) is 5.65. The van der Waals surface area contributed by atoms with Crippen molar-refractivity contribution in [2.45, 2.75) is 38.5 Å². The van der Waals surface area contributed by atoms with E-state index in [1.807, 2.05) is 38.1 Å². The van der Waals surface area contributed by atoms with E-state index in [9.17, 15) is 4.79 Å². The lowest BCUT2D eigenvalue weighted by atomic mass is 9.97. The summed E-state index contributed by atoms with van der Waals surface area (Å²) in [4.78, 5) is 13.4. The van der Waals surface area contributed by atoms with Gasteiger partial charge in [-0.1, -0.05) is 38.1 Å². The number of thiol groups is 1. The van der Waals surface area contributed by atoms with Crippen LogP contribution >= 0.6 is 12.6 Å². The minimum absolute atomic E-state index is 0.0837. The summed E-state index contributed by atoms with van der Waals surface area (Å²) in [5.74, 6) is 0.275. The van der Waals surface area contributed by atoms with Crippen molar-refractivity contribution < 1.29 is 4.79 Å². The van der Waals surface area contributed by atoms with Crippen LogP contribution in [0.15, 0.2) is 41.3 Å². The van der Waals surface area contributed by atoms with Gasteiger partial charge in [-0.2, -0.15) is 0 Å². The minimum atomic E-state index is -0.0837. The van der Waals surface area contributed by atoms with Crippen molar-refractivity contribution >= 4 is 24.2 Å². The molecule has 1 amide bonds. The van der Waals surface area contributed by atoms with Gasteiger partial charge in [0.05, 0.1) is 0 Å². The Balaban J connectivity index is 2.38. The Morgan fingerprint density at radius 3 is 2.48 bits per heavy atom. The summed E-state index contributed by atoms with van der Waals surface area (Å²) >= 11 is 4.32. The number of para-hydroxylation sites is 1. The normalized spacial score (nSPS) is 10.8. The molecule has 0 saturated carbocycles. The quantitative estimate of drug-likeness (QED) is 0.770. The van der Waals surface area contributed by atoms with E-state index in [-0.39, 0.29) is 5.91 Å². The van der Waals surface area contributed by atoms with Crippen LogP contribution in [0.25, 0.3) is 0 Å². The first-order chi connectivity index (χ1) is 9.90. The lowest BCUT2D eigenvalue weighted by molar-refractivity contribution is 0.102. The number of amides is 1. The van der Waals surface area contributed by atoms with Crippen LogP contribution in [0, 0.1) is 13.8 Å². The number of carbonyl (C=O) groups excluding carboxylic acids is 1. The molecule has 0 fully saturated rings. The highest BCUT2D eigenvalue weighted by molar-refractivity contribution is 7.80. The molecule has 2 aromatic carbocycles. The van der Waals surface area contributed by atoms with Crippen molar-refractivity contribution in [1.82, 2.24) is 0 Å². The van der Waals surface area contributed by atoms with Gasteiger partial charge in [-0.05, 0) is 48.6 Å². The van der Waals surface area contributed by atoms with Gasteiger partial charge in [-0.15, -0.1) is 12.6 Å². The Bertz CT molecular complexity index is 677. The van der Waals surface area contributed by atoms with E-state index in [0.29, 0.717) is 11.5 Å². The molecule has 110 valence electrons. The maximum absolute atomic E-state index is 12.6. The number of aryl methyl sites for hydroxylation is 2. The molecule has 2 aromatic rings. The second-order valence-corrected chi connectivity index (χ2v) is 6.16. The zero-order valence-electron chi connectivity index (χ0n) is 12.9. The molecule has 2 rings (SSSR count). The van der Waals surface area contributed by atoms with Crippen LogP contribution < -0.4 is 5.32 Å². The molecule has 0 spiro atoms. The summed E-state index contributed by atoms with van der Waals surface area (Å²) in [5, 5.41) is 3.07. The van der Waals surface area contributed by atoms with Gasteiger partial charge in [0.2, 0.25) is 0 Å². The van der Waals surface area contributed by atoms with Crippen LogP contribution in [0.4, 0.5) is 5.69 Å². The number of anilines is 1. The number of hydrogen-bond donors (Lipinski definition) is 2. The van der Waals surface area contributed by atoms with E-state index >= 15 is 0 Å². The van der Waals surface area contributed by atoms with Crippen molar-refractivity contribution in [3.63, 3.8) is 0 Å². The van der Waals surface area contributed by atoms with Gasteiger partial charge in [0.25, 0.3) is 5.91 Å². The van der Waals surface area contributed by atoms with Crippen LogP contribution in [0.2, 0.25) is 0 Å². The molecule has 0 atom stereocenters. The summed E-state index contributed by atoms with van der Waals surface area (Å²) in [7, 11) is 0. The number of benzene rings is 2. The minimum Gasteiger partial charge on any atom is -0.321 e. The predicted molar refractivity (Wildman–Crippen MR) is 91.7 cm³/mol. The van der Waals surface area contributed by atoms with Crippen LogP contribution in [-0.4, -0.2) is 5.91 Å². The van der Waals surface area contributed by atoms with Crippen LogP contribution in [-0.2, 0) is 0 Å². The SMILES string of the molecule is Cc1ccc(S)cc1C(=O)Nc1c(C)cccc1C(C)C. The van der Waals surface area contributed by atoms with E-state index in [1.165, 1.54) is 0 Å². The molecule has 1 N–H and O–H groups in total. The molecule has 2 nitrogen and oxygen atoms in total. The Labute approximate surface area is 132 Å². The van der Waals surface area contributed by atoms with Crippen LogP contribution in [0.1, 0.15) is 46.8 Å². The molecule has 0 heterocycles. The summed E-state index contributed by atoms with van der Waals surface area (Å²) in [5.41, 5.74) is 4.77. The van der Waals surface area contributed by atoms with Gasteiger partial charge in [-0.25, -0.2) is 0 Å². The summed E-state index contributed by atoms with van der Waals surface area (Å²) < 4.78 is 0. The highest BCUT2D eigenvalue weighted by atomic mass is 32.1. The molecule has 0 aliphatic rings. The van der Waals surface area contributed by atoms with Crippen molar-refractivity contribution in [2.24, 2.45) is 0 Å². The third kappa shape index (κ3) is 3.48. The molecule has 0 aliphatic carbocycles. The van der Waals surface area contributed by atoms with E-state index in [1.54, 1.807) is 6.07 Å². The lowest BCUT2D eigenvalue weighted by Crippen LogP contribution is -2.16. The molecule has 21 heavy (non-hydrogen) atoms. The maximum Gasteiger partial charge on any atom is 0.255 e. The van der Waals surface area contributed by atoms with Crippen molar-refractivity contribution in [3.8, 4) is 0 Å². The van der Waals surface area contributed by atoms with E-state index in [2.05, 4.69) is 37.9 Å². The molecule has 0 unspecified atom stereocenters. The van der Waals surface area contributed by atoms with E-state index in [0.717, 1.165) is 27.3 Å². The number of hydrogen-bond acceptors (Lipinski definition) is 2. The standard InChI is InChI=1S/C18H21NOS/c1-11(2)15-7-5-6-13(4)17(15)19-18(20)16-10-14(21)9-8-12(16)3/h5-11,21H,1-4H3,(H,19,20). The molecule has 0 aliphatic heterocycles. The number of carbonyl (C=O) groups is 1. The molecular formula is C18H21NOS. The monoisotopic (exact) mass is 299 g/mol. The molecule has 0 bridgehead atoms. The first-order valence-corrected chi connectivity index (χ1v) is 7.55. The predicted octanol–water partition coefficient (Wildman–Crippen LogP) is 4.97. The van der Waals surface area contributed by atoms with Gasteiger partial charge >= 0.3 is 0 Å². The molecule has 3 heteroatoms. The lowest BCUT2D eigenvalue weighted by Gasteiger charge is -2.17.